The number of amides is 2. The lowest BCUT2D eigenvalue weighted by molar-refractivity contribution is -0.141. The molecule has 1 saturated heterocycles. The number of hydrogen-bond acceptors (Lipinski definition) is 5. The summed E-state index contributed by atoms with van der Waals surface area (Å²) in [6, 6.07) is 5.10. The second kappa shape index (κ2) is 6.81. The number of carbonyl (C=O) groups is 2. The number of methoxy groups -OCH3 is 2. The third kappa shape index (κ3) is 2.86. The molecule has 3 atom stereocenters. The normalized spacial score (nSPS) is 24.7. The Balaban J connectivity index is 1.81. The van der Waals surface area contributed by atoms with Crippen LogP contribution in [0.3, 0.4) is 0 Å². The number of β-amino-alcohol motifs (C(OH)–C–C–N with tert-alkyl or cyclic N) is 1. The summed E-state index contributed by atoms with van der Waals surface area (Å²) < 4.78 is 10.5. The second-order valence-electron chi connectivity index (χ2n) is 6.41. The van der Waals surface area contributed by atoms with E-state index in [9.17, 15) is 14.7 Å². The van der Waals surface area contributed by atoms with Crippen molar-refractivity contribution in [3.05, 3.63) is 23.8 Å². The fraction of sp³-hybridized carbons (Fsp3) is 0.556. The first-order valence-corrected chi connectivity index (χ1v) is 8.32. The summed E-state index contributed by atoms with van der Waals surface area (Å²) >= 11 is 0. The number of benzene rings is 1. The largest absolute Gasteiger partial charge is 0.497 e. The lowest BCUT2D eigenvalue weighted by atomic mass is 9.81. The van der Waals surface area contributed by atoms with Gasteiger partial charge in [0.1, 0.15) is 17.6 Å². The van der Waals surface area contributed by atoms with Crippen LogP contribution in [0.4, 0.5) is 0 Å². The summed E-state index contributed by atoms with van der Waals surface area (Å²) in [4.78, 5) is 26.3. The zero-order valence-corrected chi connectivity index (χ0v) is 14.0. The molecule has 6 heteroatoms. The van der Waals surface area contributed by atoms with Gasteiger partial charge in [0.2, 0.25) is 11.8 Å². The number of hydrogen-bond donors (Lipinski definition) is 1. The van der Waals surface area contributed by atoms with Crippen LogP contribution in [-0.2, 0) is 9.59 Å². The highest BCUT2D eigenvalue weighted by molar-refractivity contribution is 6.05. The molecule has 1 N–H and O–H groups in total. The number of rotatable bonds is 5. The molecule has 3 rings (SSSR count). The number of carbonyl (C=O) groups excluding carboxylic acids is 2. The maximum absolute atomic E-state index is 12.5. The van der Waals surface area contributed by atoms with E-state index in [1.54, 1.807) is 18.2 Å². The zero-order valence-electron chi connectivity index (χ0n) is 14.0. The fourth-order valence-corrected chi connectivity index (χ4v) is 3.78. The third-order valence-corrected chi connectivity index (χ3v) is 5.08. The topological polar surface area (TPSA) is 76.1 Å². The van der Waals surface area contributed by atoms with Crippen LogP contribution in [0.25, 0.3) is 0 Å². The van der Waals surface area contributed by atoms with Gasteiger partial charge in [0.25, 0.3) is 0 Å². The molecule has 2 amide bonds. The van der Waals surface area contributed by atoms with Gasteiger partial charge < -0.3 is 14.6 Å². The monoisotopic (exact) mass is 333 g/mol. The molecule has 6 nitrogen and oxygen atoms in total. The second-order valence-corrected chi connectivity index (χ2v) is 6.41. The first-order chi connectivity index (χ1) is 11.6. The van der Waals surface area contributed by atoms with Crippen molar-refractivity contribution in [2.45, 2.75) is 31.8 Å². The number of aliphatic hydroxyl groups excluding tert-OH is 1. The smallest absolute Gasteiger partial charge is 0.233 e. The van der Waals surface area contributed by atoms with Gasteiger partial charge in [0.05, 0.1) is 32.6 Å². The van der Waals surface area contributed by atoms with Crippen LogP contribution in [0.2, 0.25) is 0 Å². The maximum atomic E-state index is 12.5. The molecule has 0 bridgehead atoms. The Hall–Kier alpha value is -2.08. The van der Waals surface area contributed by atoms with Crippen LogP contribution >= 0.6 is 0 Å². The molecule has 0 aromatic heterocycles. The SMILES string of the molecule is COc1ccc(OC)c([C@H](O)CN2C(=O)[C@H]3CCCC[C@@H]3C2=O)c1. The van der Waals surface area contributed by atoms with Crippen molar-refractivity contribution in [1.29, 1.82) is 0 Å². The summed E-state index contributed by atoms with van der Waals surface area (Å²) in [6.07, 6.45) is 2.50. The Bertz CT molecular complexity index is 620. The van der Waals surface area contributed by atoms with Gasteiger partial charge in [-0.15, -0.1) is 0 Å². The Labute approximate surface area is 141 Å². The first-order valence-electron chi connectivity index (χ1n) is 8.32. The molecule has 130 valence electrons. The molecular formula is C18H23NO5. The highest BCUT2D eigenvalue weighted by atomic mass is 16.5. The predicted molar refractivity (Wildman–Crippen MR) is 86.7 cm³/mol. The standard InChI is InChI=1S/C18H23NO5/c1-23-11-7-8-16(24-2)14(9-11)15(20)10-19-17(21)12-5-3-4-6-13(12)18(19)22/h7-9,12-13,15,20H,3-6,10H2,1-2H3/t12-,13-,15+/m0/s1. The zero-order chi connectivity index (χ0) is 17.3. The number of fused-ring (bicyclic) bond motifs is 1. The summed E-state index contributed by atoms with van der Waals surface area (Å²) in [5.74, 6) is 0.380. The van der Waals surface area contributed by atoms with Crippen molar-refractivity contribution in [2.75, 3.05) is 20.8 Å². The van der Waals surface area contributed by atoms with E-state index in [0.717, 1.165) is 25.7 Å². The number of imide groups is 1. The van der Waals surface area contributed by atoms with E-state index in [2.05, 4.69) is 0 Å². The maximum Gasteiger partial charge on any atom is 0.233 e. The van der Waals surface area contributed by atoms with E-state index < -0.39 is 6.10 Å². The summed E-state index contributed by atoms with van der Waals surface area (Å²) in [5.41, 5.74) is 0.507. The summed E-state index contributed by atoms with van der Waals surface area (Å²) in [7, 11) is 3.05. The average Bonchev–Trinajstić information content (AvgIpc) is 2.86. The quantitative estimate of drug-likeness (QED) is 0.833. The van der Waals surface area contributed by atoms with Crippen molar-refractivity contribution < 1.29 is 24.2 Å². The highest BCUT2D eigenvalue weighted by Crippen LogP contribution is 2.39. The predicted octanol–water partition coefficient (Wildman–Crippen LogP) is 1.91. The van der Waals surface area contributed by atoms with E-state index >= 15 is 0 Å². The van der Waals surface area contributed by atoms with Gasteiger partial charge in [0.15, 0.2) is 0 Å². The summed E-state index contributed by atoms with van der Waals surface area (Å²) in [6.45, 7) is -0.0474. The van der Waals surface area contributed by atoms with Gasteiger partial charge in [-0.1, -0.05) is 12.8 Å². The highest BCUT2D eigenvalue weighted by Gasteiger charge is 2.48. The number of likely N-dealkylation sites (tertiary alicyclic amines) is 1. The first kappa shape index (κ1) is 16.8. The minimum atomic E-state index is -1.01. The molecule has 2 fully saturated rings. The Morgan fingerprint density at radius 3 is 2.29 bits per heavy atom. The van der Waals surface area contributed by atoms with Crippen LogP contribution in [0.15, 0.2) is 18.2 Å². The third-order valence-electron chi connectivity index (χ3n) is 5.08. The lowest BCUT2D eigenvalue weighted by Gasteiger charge is -2.21. The van der Waals surface area contributed by atoms with Crippen LogP contribution in [-0.4, -0.2) is 42.6 Å². The van der Waals surface area contributed by atoms with Crippen LogP contribution in [0.5, 0.6) is 11.5 Å². The van der Waals surface area contributed by atoms with E-state index in [1.807, 2.05) is 0 Å². The fourth-order valence-electron chi connectivity index (χ4n) is 3.78. The van der Waals surface area contributed by atoms with Gasteiger partial charge in [-0.25, -0.2) is 0 Å². The lowest BCUT2D eigenvalue weighted by Crippen LogP contribution is -2.35. The van der Waals surface area contributed by atoms with Crippen molar-refractivity contribution >= 4 is 11.8 Å². The molecule has 2 aliphatic rings. The Morgan fingerprint density at radius 1 is 1.12 bits per heavy atom. The Morgan fingerprint density at radius 2 is 1.75 bits per heavy atom. The van der Waals surface area contributed by atoms with Gasteiger partial charge in [-0.2, -0.15) is 0 Å². The van der Waals surface area contributed by atoms with Crippen LogP contribution in [0.1, 0.15) is 37.4 Å². The minimum absolute atomic E-state index is 0.0474. The molecule has 1 heterocycles. The van der Waals surface area contributed by atoms with E-state index in [0.29, 0.717) is 17.1 Å². The Kier molecular flexibility index (Phi) is 4.76. The number of aliphatic hydroxyl groups is 1. The molecule has 24 heavy (non-hydrogen) atoms. The summed E-state index contributed by atoms with van der Waals surface area (Å²) in [5, 5.41) is 10.6. The van der Waals surface area contributed by atoms with Gasteiger partial charge in [-0.3, -0.25) is 14.5 Å². The van der Waals surface area contributed by atoms with Gasteiger partial charge in [0, 0.05) is 5.56 Å². The molecule has 1 aliphatic heterocycles. The van der Waals surface area contributed by atoms with Crippen molar-refractivity contribution in [3.8, 4) is 11.5 Å². The van der Waals surface area contributed by atoms with Crippen molar-refractivity contribution in [1.82, 2.24) is 4.90 Å². The van der Waals surface area contributed by atoms with Gasteiger partial charge in [-0.05, 0) is 31.0 Å². The molecule has 0 radical (unpaired) electrons. The van der Waals surface area contributed by atoms with Crippen molar-refractivity contribution in [2.24, 2.45) is 11.8 Å². The molecule has 1 aliphatic carbocycles. The average molecular weight is 333 g/mol. The number of ether oxygens (including phenoxy) is 2. The van der Waals surface area contributed by atoms with Crippen LogP contribution in [0, 0.1) is 11.8 Å². The molecule has 1 aromatic carbocycles. The number of nitrogens with zero attached hydrogens (tertiary/aromatic N) is 1. The van der Waals surface area contributed by atoms with E-state index in [1.165, 1.54) is 19.1 Å². The van der Waals surface area contributed by atoms with E-state index in [-0.39, 0.29) is 30.2 Å². The molecule has 0 spiro atoms. The molecule has 0 unspecified atom stereocenters. The minimum Gasteiger partial charge on any atom is -0.497 e. The van der Waals surface area contributed by atoms with Crippen LogP contribution < -0.4 is 9.47 Å². The van der Waals surface area contributed by atoms with Crippen molar-refractivity contribution in [3.63, 3.8) is 0 Å². The van der Waals surface area contributed by atoms with Gasteiger partial charge >= 0.3 is 0 Å². The molecular weight excluding hydrogens is 310 g/mol. The van der Waals surface area contributed by atoms with E-state index in [4.69, 9.17) is 9.47 Å². The molecule has 1 aromatic rings. The molecule has 1 saturated carbocycles.